The molecule has 2 aromatic rings. The summed E-state index contributed by atoms with van der Waals surface area (Å²) in [5.41, 5.74) is 0.591. The Balaban J connectivity index is 1.78. The molecule has 0 spiro atoms. The van der Waals surface area contributed by atoms with Crippen LogP contribution in [0.2, 0.25) is 0 Å². The molecule has 2 saturated heterocycles. The summed E-state index contributed by atoms with van der Waals surface area (Å²) >= 11 is 0. The molecule has 3 heterocycles. The smallest absolute Gasteiger partial charge is 0.156 e. The SMILES string of the molecule is O=S1(=O)C2CCC1CC(O)(c1ccc3cccnc3c1)C2. The summed E-state index contributed by atoms with van der Waals surface area (Å²) < 4.78 is 24.4. The van der Waals surface area contributed by atoms with E-state index in [0.717, 1.165) is 16.5 Å². The molecule has 0 radical (unpaired) electrons. The number of sulfone groups is 1. The van der Waals surface area contributed by atoms with Crippen molar-refractivity contribution in [1.29, 1.82) is 0 Å². The van der Waals surface area contributed by atoms with Gasteiger partial charge < -0.3 is 5.11 Å². The largest absolute Gasteiger partial charge is 0.385 e. The molecule has 2 aliphatic heterocycles. The van der Waals surface area contributed by atoms with Gasteiger partial charge in [-0.25, -0.2) is 8.42 Å². The van der Waals surface area contributed by atoms with E-state index < -0.39 is 15.4 Å². The second kappa shape index (κ2) is 4.27. The van der Waals surface area contributed by atoms with E-state index in [0.29, 0.717) is 25.7 Å². The highest BCUT2D eigenvalue weighted by atomic mass is 32.2. The topological polar surface area (TPSA) is 67.3 Å². The molecule has 0 saturated carbocycles. The van der Waals surface area contributed by atoms with Gasteiger partial charge in [0, 0.05) is 11.6 Å². The van der Waals surface area contributed by atoms with E-state index in [9.17, 15) is 13.5 Å². The highest BCUT2D eigenvalue weighted by Crippen LogP contribution is 2.47. The molecule has 1 aromatic carbocycles. The molecule has 2 atom stereocenters. The van der Waals surface area contributed by atoms with Crippen molar-refractivity contribution in [3.05, 3.63) is 42.1 Å². The molecular formula is C16H17NO3S. The van der Waals surface area contributed by atoms with Crippen LogP contribution in [0.15, 0.2) is 36.5 Å². The number of benzene rings is 1. The highest BCUT2D eigenvalue weighted by Gasteiger charge is 2.53. The third-order valence-electron chi connectivity index (χ3n) is 5.01. The van der Waals surface area contributed by atoms with Gasteiger partial charge in [-0.2, -0.15) is 0 Å². The second-order valence-corrected chi connectivity index (χ2v) is 8.77. The van der Waals surface area contributed by atoms with Crippen LogP contribution in [0.4, 0.5) is 0 Å². The van der Waals surface area contributed by atoms with Crippen molar-refractivity contribution in [2.45, 2.75) is 41.8 Å². The standard InChI is InChI=1S/C16H17NO3S/c18-16(9-13-5-6-14(10-16)21(13,19)20)12-4-3-11-2-1-7-17-15(11)8-12/h1-4,7-8,13-14,18H,5-6,9-10H2. The highest BCUT2D eigenvalue weighted by molar-refractivity contribution is 7.93. The van der Waals surface area contributed by atoms with Crippen molar-refractivity contribution >= 4 is 20.7 Å². The van der Waals surface area contributed by atoms with Crippen molar-refractivity contribution in [3.63, 3.8) is 0 Å². The minimum atomic E-state index is -3.03. The third-order valence-corrected chi connectivity index (χ3v) is 7.68. The zero-order valence-corrected chi connectivity index (χ0v) is 12.4. The monoisotopic (exact) mass is 303 g/mol. The normalized spacial score (nSPS) is 34.1. The van der Waals surface area contributed by atoms with Gasteiger partial charge in [0.05, 0.1) is 21.6 Å². The molecule has 110 valence electrons. The van der Waals surface area contributed by atoms with Gasteiger partial charge in [0.1, 0.15) is 0 Å². The van der Waals surface area contributed by atoms with Gasteiger partial charge in [0.25, 0.3) is 0 Å². The van der Waals surface area contributed by atoms with Crippen LogP contribution in [0.3, 0.4) is 0 Å². The van der Waals surface area contributed by atoms with Gasteiger partial charge in [0.15, 0.2) is 9.84 Å². The van der Waals surface area contributed by atoms with Crippen LogP contribution in [0.1, 0.15) is 31.2 Å². The minimum Gasteiger partial charge on any atom is -0.385 e. The van der Waals surface area contributed by atoms with Crippen LogP contribution in [-0.4, -0.2) is 29.0 Å². The van der Waals surface area contributed by atoms with Crippen LogP contribution in [-0.2, 0) is 15.4 Å². The van der Waals surface area contributed by atoms with E-state index in [1.165, 1.54) is 0 Å². The van der Waals surface area contributed by atoms with E-state index in [1.54, 1.807) is 6.20 Å². The van der Waals surface area contributed by atoms with E-state index >= 15 is 0 Å². The molecule has 0 aliphatic carbocycles. The molecular weight excluding hydrogens is 286 g/mol. The molecule has 2 unspecified atom stereocenters. The van der Waals surface area contributed by atoms with Crippen molar-refractivity contribution in [1.82, 2.24) is 4.98 Å². The van der Waals surface area contributed by atoms with Gasteiger partial charge in [-0.05, 0) is 43.4 Å². The minimum absolute atomic E-state index is 0.310. The number of pyridine rings is 1. The Bertz CT molecular complexity index is 795. The Kier molecular flexibility index (Phi) is 2.69. The fourth-order valence-electron chi connectivity index (χ4n) is 3.84. The van der Waals surface area contributed by atoms with Gasteiger partial charge in [0.2, 0.25) is 0 Å². The predicted octanol–water partition coefficient (Wildman–Crippen LogP) is 2.16. The molecule has 1 aromatic heterocycles. The third kappa shape index (κ3) is 1.91. The van der Waals surface area contributed by atoms with Crippen LogP contribution in [0, 0.1) is 0 Å². The first-order chi connectivity index (χ1) is 9.99. The van der Waals surface area contributed by atoms with Crippen LogP contribution in [0.5, 0.6) is 0 Å². The van der Waals surface area contributed by atoms with E-state index in [-0.39, 0.29) is 10.5 Å². The molecule has 2 fully saturated rings. The maximum atomic E-state index is 12.2. The van der Waals surface area contributed by atoms with Gasteiger partial charge in [-0.15, -0.1) is 0 Å². The zero-order valence-electron chi connectivity index (χ0n) is 11.6. The number of rotatable bonds is 1. The van der Waals surface area contributed by atoms with E-state index in [2.05, 4.69) is 4.98 Å². The van der Waals surface area contributed by atoms with Crippen LogP contribution < -0.4 is 0 Å². The number of nitrogens with zero attached hydrogens (tertiary/aromatic N) is 1. The van der Waals surface area contributed by atoms with Gasteiger partial charge in [-0.3, -0.25) is 4.98 Å². The molecule has 4 nitrogen and oxygen atoms in total. The van der Waals surface area contributed by atoms with E-state index in [1.807, 2.05) is 30.3 Å². The Labute approximate surface area is 123 Å². The Hall–Kier alpha value is -1.46. The Morgan fingerprint density at radius 2 is 1.86 bits per heavy atom. The molecule has 0 amide bonds. The summed E-state index contributed by atoms with van der Waals surface area (Å²) in [6.07, 6.45) is 3.71. The number of fused-ring (bicyclic) bond motifs is 3. The summed E-state index contributed by atoms with van der Waals surface area (Å²) in [7, 11) is -3.03. The molecule has 21 heavy (non-hydrogen) atoms. The first-order valence-corrected chi connectivity index (χ1v) is 8.90. The maximum Gasteiger partial charge on any atom is 0.156 e. The zero-order chi connectivity index (χ0) is 14.7. The lowest BCUT2D eigenvalue weighted by atomic mass is 9.85. The predicted molar refractivity (Wildman–Crippen MR) is 80.6 cm³/mol. The van der Waals surface area contributed by atoms with Gasteiger partial charge >= 0.3 is 0 Å². The van der Waals surface area contributed by atoms with Crippen molar-refractivity contribution in [2.24, 2.45) is 0 Å². The molecule has 2 bridgehead atoms. The summed E-state index contributed by atoms with van der Waals surface area (Å²) in [6, 6.07) is 9.60. The average Bonchev–Trinajstić information content (AvgIpc) is 2.66. The molecule has 4 rings (SSSR count). The first kappa shape index (κ1) is 13.2. The summed E-state index contributed by atoms with van der Waals surface area (Å²) in [5, 5.41) is 11.3. The van der Waals surface area contributed by atoms with Crippen molar-refractivity contribution in [3.8, 4) is 0 Å². The summed E-state index contributed by atoms with van der Waals surface area (Å²) in [6.45, 7) is 0. The quantitative estimate of drug-likeness (QED) is 0.876. The summed E-state index contributed by atoms with van der Waals surface area (Å²) in [5.74, 6) is 0. The fourth-order valence-corrected chi connectivity index (χ4v) is 6.33. The summed E-state index contributed by atoms with van der Waals surface area (Å²) in [4.78, 5) is 4.32. The van der Waals surface area contributed by atoms with Crippen molar-refractivity contribution in [2.75, 3.05) is 0 Å². The second-order valence-electron chi connectivity index (χ2n) is 6.26. The van der Waals surface area contributed by atoms with E-state index in [4.69, 9.17) is 0 Å². The number of hydrogen-bond donors (Lipinski definition) is 1. The number of hydrogen-bond acceptors (Lipinski definition) is 4. The van der Waals surface area contributed by atoms with Gasteiger partial charge in [-0.1, -0.05) is 18.2 Å². The van der Waals surface area contributed by atoms with Crippen molar-refractivity contribution < 1.29 is 13.5 Å². The lowest BCUT2D eigenvalue weighted by molar-refractivity contribution is 0.0174. The lowest BCUT2D eigenvalue weighted by Gasteiger charge is -2.36. The lowest BCUT2D eigenvalue weighted by Crippen LogP contribution is -2.43. The first-order valence-electron chi connectivity index (χ1n) is 7.29. The Morgan fingerprint density at radius 1 is 1.14 bits per heavy atom. The van der Waals surface area contributed by atoms with Crippen LogP contribution >= 0.6 is 0 Å². The molecule has 5 heteroatoms. The molecule has 2 aliphatic rings. The maximum absolute atomic E-state index is 12.2. The number of aromatic nitrogens is 1. The molecule has 1 N–H and O–H groups in total. The average molecular weight is 303 g/mol. The Morgan fingerprint density at radius 3 is 2.57 bits per heavy atom. The fraction of sp³-hybridized carbons (Fsp3) is 0.438. The number of aliphatic hydroxyl groups is 1. The van der Waals surface area contributed by atoms with Crippen LogP contribution in [0.25, 0.3) is 10.9 Å².